The molecule has 0 spiro atoms. The Bertz CT molecular complexity index is 683. The third-order valence-electron chi connectivity index (χ3n) is 3.16. The number of rotatable bonds is 5. The monoisotopic (exact) mass is 289 g/mol. The van der Waals surface area contributed by atoms with Gasteiger partial charge < -0.3 is 10.4 Å². The number of benzene rings is 1. The van der Waals surface area contributed by atoms with Crippen molar-refractivity contribution in [2.24, 2.45) is 0 Å². The van der Waals surface area contributed by atoms with Crippen LogP contribution in [0.25, 0.3) is 5.69 Å². The van der Waals surface area contributed by atoms with Crippen LogP contribution in [-0.4, -0.2) is 20.1 Å². The van der Waals surface area contributed by atoms with Crippen molar-refractivity contribution in [2.75, 3.05) is 5.32 Å². The fourth-order valence-electron chi connectivity index (χ4n) is 2.09. The number of unbranched alkanes of at least 4 members (excludes halogenated alkanes) is 1. The molecule has 2 N–H and O–H groups in total. The second-order valence-electron chi connectivity index (χ2n) is 4.87. The van der Waals surface area contributed by atoms with E-state index >= 15 is 0 Å². The first-order chi connectivity index (χ1) is 10.0. The van der Waals surface area contributed by atoms with E-state index in [2.05, 4.69) is 5.32 Å². The molecule has 0 saturated heterocycles. The maximum atomic E-state index is 12.3. The Balaban J connectivity index is 2.30. The minimum absolute atomic E-state index is 0.0422. The first kappa shape index (κ1) is 14.9. The molecule has 0 bridgehead atoms. The van der Waals surface area contributed by atoms with Crippen LogP contribution in [0.4, 0.5) is 5.69 Å². The molecule has 21 heavy (non-hydrogen) atoms. The zero-order chi connectivity index (χ0) is 15.4. The fourth-order valence-corrected chi connectivity index (χ4v) is 2.09. The van der Waals surface area contributed by atoms with E-state index in [9.17, 15) is 14.7 Å². The first-order valence-corrected chi connectivity index (χ1v) is 6.92. The fraction of sp³-hybridized carbons (Fsp3) is 0.333. The van der Waals surface area contributed by atoms with Crippen LogP contribution in [0.2, 0.25) is 0 Å². The smallest absolute Gasteiger partial charge is 0.335 e. The molecule has 0 radical (unpaired) electrons. The Morgan fingerprint density at radius 2 is 1.95 bits per heavy atom. The van der Waals surface area contributed by atoms with E-state index in [0.717, 1.165) is 12.8 Å². The van der Waals surface area contributed by atoms with Crippen molar-refractivity contribution in [3.8, 4) is 11.6 Å². The number of aromatic hydroxyl groups is 1. The number of amides is 1. The van der Waals surface area contributed by atoms with Crippen LogP contribution in [0.5, 0.6) is 5.88 Å². The molecule has 1 heterocycles. The summed E-state index contributed by atoms with van der Waals surface area (Å²) in [5, 5.41) is 12.5. The number of carbonyl (C=O) groups excluding carboxylic acids is 1. The molecule has 1 aromatic carbocycles. The van der Waals surface area contributed by atoms with Gasteiger partial charge in [0.25, 0.3) is 0 Å². The Kier molecular flexibility index (Phi) is 4.47. The number of carbonyl (C=O) groups is 1. The lowest BCUT2D eigenvalue weighted by atomic mass is 10.3. The lowest BCUT2D eigenvalue weighted by Crippen LogP contribution is -2.23. The van der Waals surface area contributed by atoms with Crippen molar-refractivity contribution in [1.82, 2.24) is 9.13 Å². The second kappa shape index (κ2) is 6.30. The van der Waals surface area contributed by atoms with Crippen LogP contribution < -0.4 is 11.0 Å². The molecule has 6 nitrogen and oxygen atoms in total. The van der Waals surface area contributed by atoms with Crippen molar-refractivity contribution in [1.29, 1.82) is 0 Å². The molecule has 1 aromatic heterocycles. The minimum Gasteiger partial charge on any atom is -0.493 e. The van der Waals surface area contributed by atoms with Gasteiger partial charge in [0, 0.05) is 19.2 Å². The van der Waals surface area contributed by atoms with Crippen LogP contribution in [-0.2, 0) is 11.3 Å². The summed E-state index contributed by atoms with van der Waals surface area (Å²) < 4.78 is 2.74. The first-order valence-electron chi connectivity index (χ1n) is 6.92. The highest BCUT2D eigenvalue weighted by Gasteiger charge is 2.11. The Hall–Kier alpha value is -2.50. The number of imidazole rings is 1. The van der Waals surface area contributed by atoms with E-state index in [1.165, 1.54) is 22.3 Å². The maximum Gasteiger partial charge on any atom is 0.335 e. The van der Waals surface area contributed by atoms with Crippen LogP contribution in [0, 0.1) is 0 Å². The van der Waals surface area contributed by atoms with Crippen molar-refractivity contribution in [2.45, 2.75) is 33.2 Å². The topological polar surface area (TPSA) is 76.3 Å². The lowest BCUT2D eigenvalue weighted by molar-refractivity contribution is -0.114. The van der Waals surface area contributed by atoms with E-state index in [4.69, 9.17) is 0 Å². The summed E-state index contributed by atoms with van der Waals surface area (Å²) in [6, 6.07) is 6.86. The van der Waals surface area contributed by atoms with Gasteiger partial charge in [0.2, 0.25) is 11.8 Å². The van der Waals surface area contributed by atoms with Gasteiger partial charge in [-0.15, -0.1) is 0 Å². The molecule has 6 heteroatoms. The summed E-state index contributed by atoms with van der Waals surface area (Å²) >= 11 is 0. The van der Waals surface area contributed by atoms with Gasteiger partial charge in [-0.05, 0) is 30.7 Å². The molecule has 0 aliphatic carbocycles. The molecule has 0 aliphatic heterocycles. The van der Waals surface area contributed by atoms with E-state index < -0.39 is 0 Å². The van der Waals surface area contributed by atoms with Gasteiger partial charge in [-0.2, -0.15) is 0 Å². The highest BCUT2D eigenvalue weighted by Crippen LogP contribution is 2.15. The number of nitrogens with zero attached hydrogens (tertiary/aromatic N) is 2. The predicted octanol–water partition coefficient (Wildman–Crippen LogP) is 2.10. The SMILES string of the molecule is CCCCn1c(O)cn(-c2ccc(NC(C)=O)cc2)c1=O. The normalized spacial score (nSPS) is 10.6. The highest BCUT2D eigenvalue weighted by molar-refractivity contribution is 5.88. The third kappa shape index (κ3) is 3.34. The molecule has 0 saturated carbocycles. The van der Waals surface area contributed by atoms with Gasteiger partial charge in [-0.25, -0.2) is 4.79 Å². The highest BCUT2D eigenvalue weighted by atomic mass is 16.3. The average molecular weight is 289 g/mol. The average Bonchev–Trinajstić information content (AvgIpc) is 2.72. The molecule has 1 amide bonds. The molecule has 0 atom stereocenters. The number of anilines is 1. The van der Waals surface area contributed by atoms with Gasteiger partial charge in [-0.3, -0.25) is 13.9 Å². The van der Waals surface area contributed by atoms with Gasteiger partial charge in [-0.1, -0.05) is 13.3 Å². The summed E-state index contributed by atoms with van der Waals surface area (Å²) in [5.74, 6) is -0.192. The van der Waals surface area contributed by atoms with Crippen LogP contribution in [0.3, 0.4) is 0 Å². The predicted molar refractivity (Wildman–Crippen MR) is 80.9 cm³/mol. The standard InChI is InChI=1S/C15H19N3O3/c1-3-4-9-17-14(20)10-18(15(17)21)13-7-5-12(6-8-13)16-11(2)19/h5-8,10,20H,3-4,9H2,1-2H3,(H,16,19). The zero-order valence-corrected chi connectivity index (χ0v) is 12.2. The van der Waals surface area contributed by atoms with E-state index in [1.807, 2.05) is 6.92 Å². The summed E-state index contributed by atoms with van der Waals surface area (Å²) in [5.41, 5.74) is 1.03. The van der Waals surface area contributed by atoms with Crippen molar-refractivity contribution in [3.63, 3.8) is 0 Å². The molecular formula is C15H19N3O3. The second-order valence-corrected chi connectivity index (χ2v) is 4.87. The van der Waals surface area contributed by atoms with Gasteiger partial charge in [0.05, 0.1) is 11.9 Å². The molecule has 2 aromatic rings. The van der Waals surface area contributed by atoms with E-state index in [-0.39, 0.29) is 17.5 Å². The van der Waals surface area contributed by atoms with Crippen LogP contribution in [0.1, 0.15) is 26.7 Å². The number of aromatic nitrogens is 2. The molecule has 2 rings (SSSR count). The maximum absolute atomic E-state index is 12.3. The summed E-state index contributed by atoms with van der Waals surface area (Å²) in [4.78, 5) is 23.2. The quantitative estimate of drug-likeness (QED) is 0.885. The van der Waals surface area contributed by atoms with Gasteiger partial charge >= 0.3 is 5.69 Å². The lowest BCUT2D eigenvalue weighted by Gasteiger charge is -2.04. The zero-order valence-electron chi connectivity index (χ0n) is 12.2. The molecule has 0 fully saturated rings. The van der Waals surface area contributed by atoms with Gasteiger partial charge in [0.15, 0.2) is 0 Å². The minimum atomic E-state index is -0.270. The van der Waals surface area contributed by atoms with Crippen LogP contribution >= 0.6 is 0 Å². The Morgan fingerprint density at radius 1 is 1.29 bits per heavy atom. The largest absolute Gasteiger partial charge is 0.493 e. The molecule has 0 aliphatic rings. The number of hydrogen-bond donors (Lipinski definition) is 2. The van der Waals surface area contributed by atoms with E-state index in [0.29, 0.717) is 17.9 Å². The van der Waals surface area contributed by atoms with Gasteiger partial charge in [0.1, 0.15) is 0 Å². The number of hydrogen-bond acceptors (Lipinski definition) is 3. The Morgan fingerprint density at radius 3 is 2.52 bits per heavy atom. The van der Waals surface area contributed by atoms with Crippen molar-refractivity contribution in [3.05, 3.63) is 40.9 Å². The van der Waals surface area contributed by atoms with Crippen molar-refractivity contribution < 1.29 is 9.90 Å². The summed E-state index contributed by atoms with van der Waals surface area (Å²) in [6.07, 6.45) is 3.19. The van der Waals surface area contributed by atoms with Crippen LogP contribution in [0.15, 0.2) is 35.3 Å². The van der Waals surface area contributed by atoms with Crippen molar-refractivity contribution >= 4 is 11.6 Å². The summed E-state index contributed by atoms with van der Waals surface area (Å²) in [7, 11) is 0. The Labute approximate surface area is 122 Å². The molecule has 0 unspecified atom stereocenters. The molecular weight excluding hydrogens is 270 g/mol. The molecule has 112 valence electrons. The van der Waals surface area contributed by atoms with E-state index in [1.54, 1.807) is 24.3 Å². The summed E-state index contributed by atoms with van der Waals surface area (Å²) in [6.45, 7) is 3.96. The third-order valence-corrected chi connectivity index (χ3v) is 3.16. The number of nitrogens with one attached hydrogen (secondary N) is 1.